The smallest absolute Gasteiger partial charge is 0.407 e. The third kappa shape index (κ3) is 12.6. The van der Waals surface area contributed by atoms with Crippen LogP contribution in [-0.2, 0) is 23.7 Å². The highest BCUT2D eigenvalue weighted by atomic mass is 16.6. The minimum atomic E-state index is -0.534. The summed E-state index contributed by atoms with van der Waals surface area (Å²) in [6.45, 7) is 20.5. The van der Waals surface area contributed by atoms with Crippen LogP contribution in [0.3, 0.4) is 0 Å². The zero-order chi connectivity index (χ0) is 38.6. The van der Waals surface area contributed by atoms with E-state index >= 15 is 0 Å². The van der Waals surface area contributed by atoms with Crippen molar-refractivity contribution in [3.63, 3.8) is 0 Å². The van der Waals surface area contributed by atoms with E-state index in [2.05, 4.69) is 56.6 Å². The molecule has 0 unspecified atom stereocenters. The van der Waals surface area contributed by atoms with Crippen LogP contribution in [0.4, 0.5) is 9.59 Å². The van der Waals surface area contributed by atoms with E-state index in [1.165, 1.54) is 56.9 Å². The first-order chi connectivity index (χ1) is 25.1. The predicted octanol–water partition coefficient (Wildman–Crippen LogP) is 8.58. The molecule has 0 radical (unpaired) electrons. The van der Waals surface area contributed by atoms with Crippen LogP contribution in [0.5, 0.6) is 0 Å². The lowest BCUT2D eigenvalue weighted by molar-refractivity contribution is -0.121. The maximum atomic E-state index is 12.7. The molecule has 4 aliphatic carbocycles. The molecule has 4 rings (SSSR count). The molecule has 10 heteroatoms. The monoisotopic (exact) mass is 746 g/mol. The Morgan fingerprint density at radius 2 is 1.49 bits per heavy atom. The Bertz CT molecular complexity index is 1220. The molecule has 10 nitrogen and oxygen atoms in total. The molecule has 0 aliphatic heterocycles. The number of alkyl carbamates (subject to hydrolysis) is 2. The Morgan fingerprint density at radius 3 is 2.19 bits per heavy atom. The lowest BCUT2D eigenvalue weighted by Gasteiger charge is -2.58. The third-order valence-corrected chi connectivity index (χ3v) is 13.2. The number of carbonyl (C=O) groups excluding carboxylic acids is 3. The average Bonchev–Trinajstić information content (AvgIpc) is 3.44. The van der Waals surface area contributed by atoms with E-state index in [4.69, 9.17) is 18.9 Å². The van der Waals surface area contributed by atoms with Crippen molar-refractivity contribution in [2.24, 2.45) is 46.3 Å². The van der Waals surface area contributed by atoms with Gasteiger partial charge in [0.05, 0.1) is 19.8 Å². The molecule has 0 heterocycles. The van der Waals surface area contributed by atoms with Crippen LogP contribution in [0.2, 0.25) is 0 Å². The number of carbonyl (C=O) groups is 3. The van der Waals surface area contributed by atoms with Crippen molar-refractivity contribution in [3.05, 3.63) is 11.6 Å². The molecular formula is C43H75N3O7. The van der Waals surface area contributed by atoms with Gasteiger partial charge in [-0.2, -0.15) is 0 Å². The van der Waals surface area contributed by atoms with Crippen LogP contribution < -0.4 is 16.0 Å². The second-order valence-corrected chi connectivity index (χ2v) is 18.6. The fraction of sp³-hybridized carbons (Fsp3) is 0.884. The number of hydrogen-bond acceptors (Lipinski definition) is 7. The second-order valence-electron chi connectivity index (χ2n) is 18.6. The minimum Gasteiger partial charge on any atom is -0.446 e. The summed E-state index contributed by atoms with van der Waals surface area (Å²) in [4.78, 5) is 36.3. The minimum absolute atomic E-state index is 0.0651. The van der Waals surface area contributed by atoms with Crippen molar-refractivity contribution in [1.82, 2.24) is 16.0 Å². The Kier molecular flexibility index (Phi) is 16.4. The molecule has 53 heavy (non-hydrogen) atoms. The molecule has 3 saturated carbocycles. The quantitative estimate of drug-likeness (QED) is 0.0894. The van der Waals surface area contributed by atoms with E-state index in [-0.39, 0.29) is 23.5 Å². The van der Waals surface area contributed by atoms with Gasteiger partial charge in [-0.3, -0.25) is 4.79 Å². The van der Waals surface area contributed by atoms with Gasteiger partial charge >= 0.3 is 12.2 Å². The van der Waals surface area contributed by atoms with Gasteiger partial charge in [-0.25, -0.2) is 9.59 Å². The third-order valence-electron chi connectivity index (χ3n) is 13.2. The molecule has 3 amide bonds. The van der Waals surface area contributed by atoms with Crippen molar-refractivity contribution in [2.75, 3.05) is 46.1 Å². The van der Waals surface area contributed by atoms with Crippen LogP contribution in [0.25, 0.3) is 0 Å². The number of allylic oxidation sites excluding steroid dienone is 1. The molecule has 4 aliphatic rings. The molecule has 3 N–H and O–H groups in total. The highest BCUT2D eigenvalue weighted by Crippen LogP contribution is 2.67. The molecule has 304 valence electrons. The molecule has 0 aromatic rings. The van der Waals surface area contributed by atoms with E-state index in [0.29, 0.717) is 64.3 Å². The number of ether oxygens (including phenoxy) is 4. The van der Waals surface area contributed by atoms with Gasteiger partial charge in [-0.1, -0.05) is 65.5 Å². The van der Waals surface area contributed by atoms with E-state index in [1.807, 2.05) is 20.8 Å². The van der Waals surface area contributed by atoms with Crippen LogP contribution >= 0.6 is 0 Å². The number of amides is 3. The molecule has 8 atom stereocenters. The number of rotatable bonds is 19. The molecule has 0 bridgehead atoms. The topological polar surface area (TPSA) is 124 Å². The first-order valence-electron chi connectivity index (χ1n) is 21.2. The van der Waals surface area contributed by atoms with E-state index in [9.17, 15) is 14.4 Å². The van der Waals surface area contributed by atoms with Gasteiger partial charge in [0.2, 0.25) is 5.91 Å². The van der Waals surface area contributed by atoms with Crippen molar-refractivity contribution in [2.45, 2.75) is 151 Å². The Labute approximate surface area is 321 Å². The second kappa shape index (κ2) is 20.0. The van der Waals surface area contributed by atoms with Crippen LogP contribution in [0, 0.1) is 46.3 Å². The number of nitrogens with one attached hydrogen (secondary N) is 3. The van der Waals surface area contributed by atoms with Gasteiger partial charge in [0.25, 0.3) is 0 Å². The highest BCUT2D eigenvalue weighted by molar-refractivity contribution is 5.75. The predicted molar refractivity (Wildman–Crippen MR) is 209 cm³/mol. The van der Waals surface area contributed by atoms with Gasteiger partial charge in [0.15, 0.2) is 0 Å². The SMILES string of the molecule is CC(C)CCC[C@@H](C)[C@H]1CC[C@H]2[C@@H]3CC=C4C[C@@H](OC(=O)NCCOCCNC(=O)CCCOCCNC(=O)OC(C)(C)C)CC[C@]4(C)[C@H]3CC[C@]12C. The van der Waals surface area contributed by atoms with E-state index in [0.717, 1.165) is 54.8 Å². The van der Waals surface area contributed by atoms with Gasteiger partial charge in [-0.15, -0.1) is 0 Å². The van der Waals surface area contributed by atoms with Crippen molar-refractivity contribution in [3.8, 4) is 0 Å². The van der Waals surface area contributed by atoms with E-state index in [1.54, 1.807) is 0 Å². The van der Waals surface area contributed by atoms with Gasteiger partial charge < -0.3 is 34.9 Å². The maximum Gasteiger partial charge on any atom is 0.407 e. The summed E-state index contributed by atoms with van der Waals surface area (Å²) in [5.41, 5.74) is 1.74. The van der Waals surface area contributed by atoms with Gasteiger partial charge in [-0.05, 0) is 118 Å². The highest BCUT2D eigenvalue weighted by Gasteiger charge is 2.59. The normalized spacial score (nSPS) is 30.0. The molecule has 0 saturated heterocycles. The Hall–Kier alpha value is -2.33. The summed E-state index contributed by atoms with van der Waals surface area (Å²) in [7, 11) is 0. The zero-order valence-corrected chi connectivity index (χ0v) is 34.6. The van der Waals surface area contributed by atoms with E-state index < -0.39 is 11.7 Å². The first kappa shape index (κ1) is 43.4. The fourth-order valence-electron chi connectivity index (χ4n) is 10.6. The zero-order valence-electron chi connectivity index (χ0n) is 34.6. The van der Waals surface area contributed by atoms with Crippen LogP contribution in [0.1, 0.15) is 139 Å². The Morgan fingerprint density at radius 1 is 0.811 bits per heavy atom. The molecule has 0 aromatic heterocycles. The summed E-state index contributed by atoms with van der Waals surface area (Å²) in [5.74, 6) is 4.87. The van der Waals surface area contributed by atoms with Crippen LogP contribution in [-0.4, -0.2) is 75.9 Å². The Balaban J connectivity index is 1.05. The summed E-state index contributed by atoms with van der Waals surface area (Å²) in [6.07, 6.45) is 16.4. The molecule has 0 spiro atoms. The lowest BCUT2D eigenvalue weighted by atomic mass is 9.47. The summed E-state index contributed by atoms with van der Waals surface area (Å²) in [5, 5.41) is 8.31. The number of hydrogen-bond donors (Lipinski definition) is 3. The molecule has 3 fully saturated rings. The standard InChI is InChI=1S/C43H75N3O7/c1-30(2)11-9-12-31(3)35-16-17-36-34-15-14-32-29-33(18-20-42(32,7)37(34)19-21-43(35,36)8)52-39(48)45-23-28-51-26-22-44-38(47)13-10-25-50-27-24-46-40(49)53-41(4,5)6/h14,30-31,33-37H,9-13,15-29H2,1-8H3,(H,44,47)(H,45,48)(H,46,49)/t31-,33+,34+,35-,36+,37+,42+,43-/m1/s1. The fourth-order valence-corrected chi connectivity index (χ4v) is 10.6. The number of fused-ring (bicyclic) bond motifs is 5. The van der Waals surface area contributed by atoms with Gasteiger partial charge in [0.1, 0.15) is 11.7 Å². The maximum absolute atomic E-state index is 12.7. The molecular weight excluding hydrogens is 670 g/mol. The lowest BCUT2D eigenvalue weighted by Crippen LogP contribution is -2.51. The summed E-state index contributed by atoms with van der Waals surface area (Å²) in [6, 6.07) is 0. The van der Waals surface area contributed by atoms with Crippen LogP contribution in [0.15, 0.2) is 11.6 Å². The summed E-state index contributed by atoms with van der Waals surface area (Å²) < 4.78 is 22.1. The van der Waals surface area contributed by atoms with Crippen molar-refractivity contribution in [1.29, 1.82) is 0 Å². The van der Waals surface area contributed by atoms with Crippen molar-refractivity contribution < 1.29 is 33.3 Å². The van der Waals surface area contributed by atoms with Gasteiger partial charge in [0, 0.05) is 39.1 Å². The van der Waals surface area contributed by atoms with Crippen molar-refractivity contribution >= 4 is 18.1 Å². The molecule has 0 aromatic carbocycles. The largest absolute Gasteiger partial charge is 0.446 e. The average molecular weight is 746 g/mol. The summed E-state index contributed by atoms with van der Waals surface area (Å²) >= 11 is 0. The first-order valence-corrected chi connectivity index (χ1v) is 21.2.